The number of carbonyl (C=O) groups excluding carboxylic acids is 1. The fourth-order valence-corrected chi connectivity index (χ4v) is 3.86. The van der Waals surface area contributed by atoms with E-state index in [1.807, 2.05) is 12.1 Å². The van der Waals surface area contributed by atoms with E-state index in [0.29, 0.717) is 41.7 Å². The van der Waals surface area contributed by atoms with Crippen molar-refractivity contribution in [1.29, 1.82) is 0 Å². The van der Waals surface area contributed by atoms with Crippen molar-refractivity contribution in [2.24, 2.45) is 0 Å². The van der Waals surface area contributed by atoms with Crippen LogP contribution >= 0.6 is 0 Å². The first-order valence-corrected chi connectivity index (χ1v) is 11.0. The number of benzene rings is 2. The Bertz CT molecular complexity index is 1020. The van der Waals surface area contributed by atoms with E-state index in [-0.39, 0.29) is 13.3 Å². The highest BCUT2D eigenvalue weighted by molar-refractivity contribution is 7.92. The Kier molecular flexibility index (Phi) is 6.56. The van der Waals surface area contributed by atoms with Crippen LogP contribution in [0.15, 0.2) is 36.4 Å². The number of nitrogens with zero attached hydrogens (tertiary/aromatic N) is 1. The summed E-state index contributed by atoms with van der Waals surface area (Å²) < 4.78 is 46.5. The van der Waals surface area contributed by atoms with Crippen LogP contribution in [0.2, 0.25) is 0 Å². The molecule has 30 heavy (non-hydrogen) atoms. The molecule has 2 aromatic rings. The number of nitrogens with one attached hydrogen (secondary N) is 1. The van der Waals surface area contributed by atoms with Gasteiger partial charge in [-0.25, -0.2) is 8.42 Å². The summed E-state index contributed by atoms with van der Waals surface area (Å²) in [5, 5.41) is 2.75. The molecule has 10 heteroatoms. The Hall–Kier alpha value is -3.14. The summed E-state index contributed by atoms with van der Waals surface area (Å²) in [6.07, 6.45) is 1.60. The minimum atomic E-state index is -3.68. The quantitative estimate of drug-likeness (QED) is 0.636. The van der Waals surface area contributed by atoms with E-state index in [4.69, 9.17) is 18.9 Å². The van der Waals surface area contributed by atoms with Gasteiger partial charge in [0.15, 0.2) is 23.0 Å². The van der Waals surface area contributed by atoms with Gasteiger partial charge in [0.1, 0.15) is 6.54 Å². The number of rotatable bonds is 9. The van der Waals surface area contributed by atoms with Crippen LogP contribution in [-0.2, 0) is 21.2 Å². The second-order valence-electron chi connectivity index (χ2n) is 6.60. The Morgan fingerprint density at radius 3 is 2.50 bits per heavy atom. The molecule has 0 fully saturated rings. The molecule has 0 bridgehead atoms. The first-order chi connectivity index (χ1) is 14.3. The Morgan fingerprint density at radius 2 is 1.80 bits per heavy atom. The molecule has 9 nitrogen and oxygen atoms in total. The third-order valence-electron chi connectivity index (χ3n) is 4.52. The van der Waals surface area contributed by atoms with E-state index in [2.05, 4.69) is 5.32 Å². The van der Waals surface area contributed by atoms with Gasteiger partial charge in [0, 0.05) is 12.6 Å². The third-order valence-corrected chi connectivity index (χ3v) is 5.66. The van der Waals surface area contributed by atoms with Crippen LogP contribution in [0.3, 0.4) is 0 Å². The lowest BCUT2D eigenvalue weighted by atomic mass is 10.1. The molecule has 1 N–H and O–H groups in total. The predicted octanol–water partition coefficient (Wildman–Crippen LogP) is 1.56. The number of hydrogen-bond donors (Lipinski definition) is 1. The second-order valence-corrected chi connectivity index (χ2v) is 8.50. The molecule has 0 aromatic heterocycles. The highest BCUT2D eigenvalue weighted by atomic mass is 32.2. The van der Waals surface area contributed by atoms with Gasteiger partial charge < -0.3 is 24.3 Å². The SMILES string of the molecule is COc1ccc(CCNC(=O)CN(c2ccc3c(c2)OCO3)S(C)(=O)=O)cc1OC. The summed E-state index contributed by atoms with van der Waals surface area (Å²) in [6.45, 7) is 0.0752. The van der Waals surface area contributed by atoms with Crippen LogP contribution in [0.25, 0.3) is 0 Å². The topological polar surface area (TPSA) is 103 Å². The highest BCUT2D eigenvalue weighted by Gasteiger charge is 2.23. The minimum Gasteiger partial charge on any atom is -0.493 e. The van der Waals surface area contributed by atoms with Crippen LogP contribution in [0, 0.1) is 0 Å². The zero-order valence-electron chi connectivity index (χ0n) is 17.0. The molecule has 0 radical (unpaired) electrons. The average Bonchev–Trinajstić information content (AvgIpc) is 3.18. The van der Waals surface area contributed by atoms with Gasteiger partial charge in [-0.2, -0.15) is 0 Å². The summed E-state index contributed by atoms with van der Waals surface area (Å²) in [6, 6.07) is 10.2. The smallest absolute Gasteiger partial charge is 0.240 e. The summed E-state index contributed by atoms with van der Waals surface area (Å²) in [4.78, 5) is 12.4. The van der Waals surface area contributed by atoms with E-state index in [0.717, 1.165) is 16.1 Å². The molecule has 1 aliphatic heterocycles. The molecule has 0 saturated heterocycles. The van der Waals surface area contributed by atoms with Crippen LogP contribution in [0.4, 0.5) is 5.69 Å². The standard InChI is InChI=1S/C20H24N2O7S/c1-26-16-6-4-14(10-18(16)27-2)8-9-21-20(23)12-22(30(3,24)25)15-5-7-17-19(11-15)29-13-28-17/h4-7,10-11H,8-9,12-13H2,1-3H3,(H,21,23). The van der Waals surface area contributed by atoms with Gasteiger partial charge in [-0.15, -0.1) is 0 Å². The summed E-state index contributed by atoms with van der Waals surface area (Å²) in [5.74, 6) is 1.78. The highest BCUT2D eigenvalue weighted by Crippen LogP contribution is 2.36. The van der Waals surface area contributed by atoms with Crippen molar-refractivity contribution < 1.29 is 32.2 Å². The van der Waals surface area contributed by atoms with Crippen LogP contribution in [0.5, 0.6) is 23.0 Å². The first kappa shape index (κ1) is 21.6. The van der Waals surface area contributed by atoms with Gasteiger partial charge in [0.2, 0.25) is 22.7 Å². The van der Waals surface area contributed by atoms with Crippen LogP contribution < -0.4 is 28.6 Å². The van der Waals surface area contributed by atoms with Gasteiger partial charge in [-0.05, 0) is 36.2 Å². The number of sulfonamides is 1. The molecule has 1 aliphatic rings. The second kappa shape index (κ2) is 9.12. The van der Waals surface area contributed by atoms with Crippen molar-refractivity contribution in [2.75, 3.05) is 44.7 Å². The molecule has 0 atom stereocenters. The predicted molar refractivity (Wildman–Crippen MR) is 111 cm³/mol. The number of anilines is 1. The number of amides is 1. The average molecular weight is 436 g/mol. The summed E-state index contributed by atoms with van der Waals surface area (Å²) in [7, 11) is -0.563. The Balaban J connectivity index is 1.62. The molecule has 1 heterocycles. The van der Waals surface area contributed by atoms with Crippen molar-refractivity contribution in [1.82, 2.24) is 5.32 Å². The fraction of sp³-hybridized carbons (Fsp3) is 0.350. The molecule has 0 aliphatic carbocycles. The molecular weight excluding hydrogens is 412 g/mol. The Morgan fingerprint density at radius 1 is 1.07 bits per heavy atom. The van der Waals surface area contributed by atoms with Crippen molar-refractivity contribution in [3.63, 3.8) is 0 Å². The number of carbonyl (C=O) groups is 1. The van der Waals surface area contributed by atoms with E-state index in [9.17, 15) is 13.2 Å². The lowest BCUT2D eigenvalue weighted by Gasteiger charge is -2.22. The number of fused-ring (bicyclic) bond motifs is 1. The zero-order valence-corrected chi connectivity index (χ0v) is 17.8. The monoisotopic (exact) mass is 436 g/mol. The van der Waals surface area contributed by atoms with Gasteiger partial charge in [0.25, 0.3) is 0 Å². The van der Waals surface area contributed by atoms with Crippen molar-refractivity contribution in [2.45, 2.75) is 6.42 Å². The largest absolute Gasteiger partial charge is 0.493 e. The first-order valence-electron chi connectivity index (χ1n) is 9.17. The maximum Gasteiger partial charge on any atom is 0.240 e. The fourth-order valence-electron chi connectivity index (χ4n) is 3.01. The molecule has 3 rings (SSSR count). The molecule has 2 aromatic carbocycles. The lowest BCUT2D eigenvalue weighted by Crippen LogP contribution is -2.40. The van der Waals surface area contributed by atoms with Gasteiger partial charge >= 0.3 is 0 Å². The van der Waals surface area contributed by atoms with Gasteiger partial charge in [-0.1, -0.05) is 6.07 Å². The minimum absolute atomic E-state index is 0.0777. The van der Waals surface area contributed by atoms with E-state index in [1.165, 1.54) is 0 Å². The van der Waals surface area contributed by atoms with Crippen molar-refractivity contribution >= 4 is 21.6 Å². The molecular formula is C20H24N2O7S. The summed E-state index contributed by atoms with van der Waals surface area (Å²) in [5.41, 5.74) is 1.28. The lowest BCUT2D eigenvalue weighted by molar-refractivity contribution is -0.119. The van der Waals surface area contributed by atoms with Crippen LogP contribution in [-0.4, -0.2) is 54.7 Å². The van der Waals surface area contributed by atoms with Gasteiger partial charge in [0.05, 0.1) is 26.2 Å². The maximum atomic E-state index is 12.4. The van der Waals surface area contributed by atoms with E-state index >= 15 is 0 Å². The maximum absolute atomic E-state index is 12.4. The molecule has 0 spiro atoms. The van der Waals surface area contributed by atoms with Gasteiger partial charge in [-0.3, -0.25) is 9.10 Å². The molecule has 0 unspecified atom stereocenters. The zero-order chi connectivity index (χ0) is 21.7. The van der Waals surface area contributed by atoms with Crippen molar-refractivity contribution in [3.05, 3.63) is 42.0 Å². The molecule has 162 valence electrons. The number of methoxy groups -OCH3 is 2. The summed E-state index contributed by atoms with van der Waals surface area (Å²) >= 11 is 0. The van der Waals surface area contributed by atoms with E-state index in [1.54, 1.807) is 38.5 Å². The van der Waals surface area contributed by atoms with Crippen molar-refractivity contribution in [3.8, 4) is 23.0 Å². The Labute approximate surface area is 175 Å². The number of hydrogen-bond acceptors (Lipinski definition) is 7. The van der Waals surface area contributed by atoms with E-state index < -0.39 is 15.9 Å². The normalized spacial score (nSPS) is 12.4. The van der Waals surface area contributed by atoms with Crippen LogP contribution in [0.1, 0.15) is 5.56 Å². The molecule has 1 amide bonds. The molecule has 0 saturated carbocycles. The third kappa shape index (κ3) is 5.07. The number of ether oxygens (including phenoxy) is 4.